The van der Waals surface area contributed by atoms with Gasteiger partial charge in [0.05, 0.1) is 0 Å². The minimum Gasteiger partial charge on any atom is -0.444 e. The van der Waals surface area contributed by atoms with Crippen molar-refractivity contribution in [2.75, 3.05) is 5.32 Å². The SMILES string of the molecule is Cc1ccccc1NC(=O)C(c1ccccc1C)N(C(=O)C(Cc1ccccc1)NC(=O)OC(C)(C)C)C(C)CCC(C)C. The van der Waals surface area contributed by atoms with Crippen LogP contribution in [0.5, 0.6) is 0 Å². The molecule has 0 bridgehead atoms. The maximum absolute atomic E-state index is 14.9. The molecule has 3 aromatic rings. The fourth-order valence-corrected chi connectivity index (χ4v) is 5.22. The predicted octanol–water partition coefficient (Wildman–Crippen LogP) is 7.77. The number of aryl methyl sites for hydroxylation is 2. The van der Waals surface area contributed by atoms with E-state index in [9.17, 15) is 14.4 Å². The van der Waals surface area contributed by atoms with Gasteiger partial charge in [0.25, 0.3) is 5.91 Å². The van der Waals surface area contributed by atoms with Crippen LogP contribution < -0.4 is 10.6 Å². The lowest BCUT2D eigenvalue weighted by Gasteiger charge is -2.39. The first-order valence-corrected chi connectivity index (χ1v) is 15.5. The number of alkyl carbamates (subject to hydrolysis) is 1. The molecule has 3 atom stereocenters. The molecule has 0 aromatic heterocycles. The summed E-state index contributed by atoms with van der Waals surface area (Å²) in [6, 6.07) is 22.6. The van der Waals surface area contributed by atoms with Crippen LogP contribution in [0.25, 0.3) is 0 Å². The Morgan fingerprint density at radius 2 is 1.39 bits per heavy atom. The van der Waals surface area contributed by atoms with Crippen LogP contribution in [0, 0.1) is 19.8 Å². The summed E-state index contributed by atoms with van der Waals surface area (Å²) in [5.41, 5.74) is 3.37. The van der Waals surface area contributed by atoms with Crippen molar-refractivity contribution in [3.63, 3.8) is 0 Å². The average Bonchev–Trinajstić information content (AvgIpc) is 2.95. The van der Waals surface area contributed by atoms with Crippen LogP contribution >= 0.6 is 0 Å². The average molecular weight is 600 g/mol. The molecular weight excluding hydrogens is 550 g/mol. The molecule has 3 aromatic carbocycles. The summed E-state index contributed by atoms with van der Waals surface area (Å²) in [5, 5.41) is 5.96. The van der Waals surface area contributed by atoms with Gasteiger partial charge in [-0.1, -0.05) is 86.6 Å². The van der Waals surface area contributed by atoms with Crippen molar-refractivity contribution >= 4 is 23.6 Å². The maximum Gasteiger partial charge on any atom is 0.408 e. The van der Waals surface area contributed by atoms with E-state index in [1.54, 1.807) is 25.7 Å². The lowest BCUT2D eigenvalue weighted by Crippen LogP contribution is -2.55. The molecule has 3 unspecified atom stereocenters. The zero-order valence-electron chi connectivity index (χ0n) is 27.5. The van der Waals surface area contributed by atoms with Gasteiger partial charge in [-0.25, -0.2) is 4.79 Å². The predicted molar refractivity (Wildman–Crippen MR) is 177 cm³/mol. The fraction of sp³-hybridized carbons (Fsp3) is 0.432. The standard InChI is InChI=1S/C37H49N3O4/c1-25(2)22-23-28(5)40(35(42)32(24-29-18-10-9-11-19-29)39-36(43)44-37(6,7)8)33(30-20-14-12-16-26(30)3)34(41)38-31-21-15-13-17-27(31)4/h9-21,25,28,32-33H,22-24H2,1-8H3,(H,38,41)(H,39,43). The zero-order valence-corrected chi connectivity index (χ0v) is 27.5. The van der Waals surface area contributed by atoms with Gasteiger partial charge in [-0.2, -0.15) is 0 Å². The van der Waals surface area contributed by atoms with E-state index in [0.29, 0.717) is 18.0 Å². The van der Waals surface area contributed by atoms with Gasteiger partial charge in [0.2, 0.25) is 5.91 Å². The molecule has 0 aliphatic heterocycles. The summed E-state index contributed by atoms with van der Waals surface area (Å²) < 4.78 is 5.58. The molecule has 0 aliphatic carbocycles. The molecule has 0 aliphatic rings. The normalized spacial score (nSPS) is 13.5. The Morgan fingerprint density at radius 1 is 0.795 bits per heavy atom. The summed E-state index contributed by atoms with van der Waals surface area (Å²) >= 11 is 0. The molecule has 3 amide bonds. The van der Waals surface area contributed by atoms with Gasteiger partial charge < -0.3 is 20.3 Å². The van der Waals surface area contributed by atoms with E-state index in [1.165, 1.54) is 0 Å². The van der Waals surface area contributed by atoms with Crippen LogP contribution in [-0.2, 0) is 20.7 Å². The third-order valence-electron chi connectivity index (χ3n) is 7.58. The van der Waals surface area contributed by atoms with Crippen LogP contribution in [0.3, 0.4) is 0 Å². The summed E-state index contributed by atoms with van der Waals surface area (Å²) in [4.78, 5) is 44.0. The number of carbonyl (C=O) groups is 3. The third-order valence-corrected chi connectivity index (χ3v) is 7.58. The van der Waals surface area contributed by atoms with Gasteiger partial charge in [0, 0.05) is 18.2 Å². The molecule has 0 fully saturated rings. The first-order chi connectivity index (χ1) is 20.8. The van der Waals surface area contributed by atoms with Crippen LogP contribution in [0.1, 0.15) is 82.7 Å². The monoisotopic (exact) mass is 599 g/mol. The van der Waals surface area contributed by atoms with Gasteiger partial charge in [-0.15, -0.1) is 0 Å². The van der Waals surface area contributed by atoms with E-state index in [-0.39, 0.29) is 24.3 Å². The van der Waals surface area contributed by atoms with Gasteiger partial charge in [-0.3, -0.25) is 9.59 Å². The fourth-order valence-electron chi connectivity index (χ4n) is 5.22. The van der Waals surface area contributed by atoms with Crippen molar-refractivity contribution < 1.29 is 19.1 Å². The number of carbonyl (C=O) groups excluding carboxylic acids is 3. The molecular formula is C37H49N3O4. The quantitative estimate of drug-likeness (QED) is 0.223. The van der Waals surface area contributed by atoms with Crippen molar-refractivity contribution in [3.05, 3.63) is 101 Å². The molecule has 44 heavy (non-hydrogen) atoms. The number of nitrogens with zero attached hydrogens (tertiary/aromatic N) is 1. The van der Waals surface area contributed by atoms with Crippen LogP contribution in [0.15, 0.2) is 78.9 Å². The van der Waals surface area contributed by atoms with Gasteiger partial charge in [0.15, 0.2) is 0 Å². The number of hydrogen-bond donors (Lipinski definition) is 2. The molecule has 236 valence electrons. The number of anilines is 1. The highest BCUT2D eigenvalue weighted by atomic mass is 16.6. The minimum absolute atomic E-state index is 0.242. The first kappa shape index (κ1) is 34.4. The number of amides is 3. The number of benzene rings is 3. The lowest BCUT2D eigenvalue weighted by molar-refractivity contribution is -0.143. The van der Waals surface area contributed by atoms with Crippen LogP contribution in [0.4, 0.5) is 10.5 Å². The molecule has 0 saturated carbocycles. The number of rotatable bonds is 12. The Balaban J connectivity index is 2.14. The number of ether oxygens (including phenoxy) is 1. The Hall–Kier alpha value is -4.13. The van der Waals surface area contributed by atoms with Gasteiger partial charge in [-0.05, 0) is 88.6 Å². The molecule has 7 nitrogen and oxygen atoms in total. The zero-order chi connectivity index (χ0) is 32.4. The van der Waals surface area contributed by atoms with E-state index >= 15 is 0 Å². The lowest BCUT2D eigenvalue weighted by atomic mass is 9.93. The summed E-state index contributed by atoms with van der Waals surface area (Å²) in [6.07, 6.45) is 1.12. The maximum atomic E-state index is 14.9. The number of para-hydroxylation sites is 1. The second-order valence-corrected chi connectivity index (χ2v) is 13.0. The summed E-state index contributed by atoms with van der Waals surface area (Å²) in [7, 11) is 0. The number of nitrogens with one attached hydrogen (secondary N) is 2. The van der Waals surface area contributed by atoms with E-state index in [4.69, 9.17) is 4.74 Å². The second kappa shape index (κ2) is 15.6. The summed E-state index contributed by atoms with van der Waals surface area (Å²) in [5.74, 6) is -0.245. The smallest absolute Gasteiger partial charge is 0.408 e. The third kappa shape index (κ3) is 9.97. The highest BCUT2D eigenvalue weighted by Crippen LogP contribution is 2.31. The number of hydrogen-bond acceptors (Lipinski definition) is 4. The van der Waals surface area contributed by atoms with E-state index in [1.807, 2.05) is 99.6 Å². The Morgan fingerprint density at radius 3 is 1.98 bits per heavy atom. The summed E-state index contributed by atoms with van der Waals surface area (Å²) in [6.45, 7) is 15.5. The van der Waals surface area contributed by atoms with Crippen molar-refractivity contribution in [2.45, 2.75) is 98.4 Å². The first-order valence-electron chi connectivity index (χ1n) is 15.5. The van der Waals surface area contributed by atoms with Crippen molar-refractivity contribution in [2.24, 2.45) is 5.92 Å². The van der Waals surface area contributed by atoms with Crippen molar-refractivity contribution in [1.29, 1.82) is 0 Å². The van der Waals surface area contributed by atoms with Crippen molar-refractivity contribution in [1.82, 2.24) is 10.2 Å². The van der Waals surface area contributed by atoms with E-state index in [0.717, 1.165) is 28.7 Å². The molecule has 3 rings (SSSR count). The van der Waals surface area contributed by atoms with Crippen LogP contribution in [0.2, 0.25) is 0 Å². The minimum atomic E-state index is -0.966. The molecule has 7 heteroatoms. The Labute approximate surface area is 263 Å². The van der Waals surface area contributed by atoms with Crippen LogP contribution in [-0.4, -0.2) is 40.5 Å². The molecule has 0 spiro atoms. The van der Waals surface area contributed by atoms with Gasteiger partial charge >= 0.3 is 6.09 Å². The topological polar surface area (TPSA) is 87.7 Å². The van der Waals surface area contributed by atoms with Crippen molar-refractivity contribution in [3.8, 4) is 0 Å². The second-order valence-electron chi connectivity index (χ2n) is 13.0. The molecule has 0 heterocycles. The molecule has 0 saturated heterocycles. The van der Waals surface area contributed by atoms with E-state index < -0.39 is 23.8 Å². The van der Waals surface area contributed by atoms with Gasteiger partial charge in [0.1, 0.15) is 17.7 Å². The largest absolute Gasteiger partial charge is 0.444 e. The Bertz CT molecular complexity index is 1400. The Kier molecular flexibility index (Phi) is 12.1. The highest BCUT2D eigenvalue weighted by Gasteiger charge is 2.39. The highest BCUT2D eigenvalue weighted by molar-refractivity contribution is 5.99. The molecule has 2 N–H and O–H groups in total. The molecule has 0 radical (unpaired) electrons. The van der Waals surface area contributed by atoms with E-state index in [2.05, 4.69) is 24.5 Å².